The van der Waals surface area contributed by atoms with Gasteiger partial charge in [0.05, 0.1) is 0 Å². The second kappa shape index (κ2) is 3.56. The maximum absolute atomic E-state index is 12.9. The molecule has 1 heterocycles. The van der Waals surface area contributed by atoms with Crippen LogP contribution in [0.1, 0.15) is 12.5 Å². The first-order valence-corrected chi connectivity index (χ1v) is 5.06. The van der Waals surface area contributed by atoms with Crippen molar-refractivity contribution in [2.75, 3.05) is 0 Å². The third-order valence-corrected chi connectivity index (χ3v) is 2.96. The van der Waals surface area contributed by atoms with Gasteiger partial charge in [-0.2, -0.15) is 0 Å². The van der Waals surface area contributed by atoms with E-state index in [-0.39, 0.29) is 0 Å². The van der Waals surface area contributed by atoms with Gasteiger partial charge < -0.3 is 10.3 Å². The number of benzene rings is 1. The lowest BCUT2D eigenvalue weighted by molar-refractivity contribution is 0.0633. The summed E-state index contributed by atoms with van der Waals surface area (Å²) in [6.07, 6.45) is -0.742. The predicted octanol–water partition coefficient (Wildman–Crippen LogP) is 2.62. The van der Waals surface area contributed by atoms with E-state index in [2.05, 4.69) is 0 Å². The molecular formula is C12H14F2N2. The minimum atomic E-state index is -2.58. The molecule has 86 valence electrons. The number of rotatable bonds is 2. The van der Waals surface area contributed by atoms with Crippen LogP contribution in [-0.2, 0) is 12.6 Å². The second-order valence-electron chi connectivity index (χ2n) is 4.25. The Balaban J connectivity index is 2.70. The number of nitrogens with two attached hydrogens (primary N) is 1. The zero-order valence-corrected chi connectivity index (χ0v) is 9.24. The van der Waals surface area contributed by atoms with Crippen molar-refractivity contribution in [3.8, 4) is 0 Å². The van der Waals surface area contributed by atoms with Gasteiger partial charge in [0.15, 0.2) is 0 Å². The molecule has 0 aliphatic rings. The van der Waals surface area contributed by atoms with Gasteiger partial charge in [-0.05, 0) is 24.6 Å². The molecule has 4 heteroatoms. The highest BCUT2D eigenvalue weighted by atomic mass is 19.3. The largest absolute Gasteiger partial charge is 0.351 e. The van der Waals surface area contributed by atoms with Gasteiger partial charge in [0.2, 0.25) is 0 Å². The quantitative estimate of drug-likeness (QED) is 0.835. The van der Waals surface area contributed by atoms with Gasteiger partial charge in [0.25, 0.3) is 6.43 Å². The van der Waals surface area contributed by atoms with Crippen LogP contribution in [0.25, 0.3) is 10.9 Å². The molecule has 0 fully saturated rings. The molecule has 0 saturated heterocycles. The number of hydrogen-bond donors (Lipinski definition) is 1. The Morgan fingerprint density at radius 3 is 2.62 bits per heavy atom. The van der Waals surface area contributed by atoms with E-state index in [9.17, 15) is 8.78 Å². The molecule has 0 aliphatic carbocycles. The average Bonchev–Trinajstić information content (AvgIpc) is 2.60. The number of hydrogen-bond acceptors (Lipinski definition) is 1. The van der Waals surface area contributed by atoms with Crippen molar-refractivity contribution in [3.05, 3.63) is 36.0 Å². The zero-order valence-electron chi connectivity index (χ0n) is 9.24. The van der Waals surface area contributed by atoms with Crippen LogP contribution in [-0.4, -0.2) is 11.0 Å². The summed E-state index contributed by atoms with van der Waals surface area (Å²) in [5.41, 5.74) is 5.49. The Kier molecular flexibility index (Phi) is 2.46. The fraction of sp³-hybridized carbons (Fsp3) is 0.333. The summed E-state index contributed by atoms with van der Waals surface area (Å²) in [6.45, 7) is 1.36. The molecular weight excluding hydrogens is 210 g/mol. The van der Waals surface area contributed by atoms with Crippen molar-refractivity contribution in [1.82, 2.24) is 4.57 Å². The summed E-state index contributed by atoms with van der Waals surface area (Å²) in [5.74, 6) is 0. The lowest BCUT2D eigenvalue weighted by atomic mass is 9.91. The molecule has 1 aromatic heterocycles. The van der Waals surface area contributed by atoms with E-state index in [1.807, 2.05) is 29.9 Å². The highest BCUT2D eigenvalue weighted by Gasteiger charge is 2.33. The van der Waals surface area contributed by atoms with E-state index in [0.29, 0.717) is 5.56 Å². The van der Waals surface area contributed by atoms with E-state index in [4.69, 9.17) is 5.73 Å². The van der Waals surface area contributed by atoms with Crippen molar-refractivity contribution >= 4 is 10.9 Å². The average molecular weight is 224 g/mol. The fourth-order valence-electron chi connectivity index (χ4n) is 1.89. The van der Waals surface area contributed by atoms with Gasteiger partial charge in [0.1, 0.15) is 5.54 Å². The van der Waals surface area contributed by atoms with Gasteiger partial charge in [-0.3, -0.25) is 0 Å². The van der Waals surface area contributed by atoms with E-state index < -0.39 is 12.0 Å². The number of aromatic nitrogens is 1. The molecule has 1 unspecified atom stereocenters. The van der Waals surface area contributed by atoms with Crippen LogP contribution >= 0.6 is 0 Å². The number of halogens is 2. The normalized spacial score (nSPS) is 15.6. The van der Waals surface area contributed by atoms with Crippen LogP contribution in [0.3, 0.4) is 0 Å². The Morgan fingerprint density at radius 2 is 2.00 bits per heavy atom. The maximum Gasteiger partial charge on any atom is 0.260 e. The Labute approximate surface area is 92.7 Å². The van der Waals surface area contributed by atoms with E-state index >= 15 is 0 Å². The summed E-state index contributed by atoms with van der Waals surface area (Å²) >= 11 is 0. The van der Waals surface area contributed by atoms with E-state index in [1.54, 1.807) is 12.1 Å². The number of aryl methyl sites for hydroxylation is 1. The smallest absolute Gasteiger partial charge is 0.260 e. The van der Waals surface area contributed by atoms with Crippen molar-refractivity contribution in [2.45, 2.75) is 18.9 Å². The van der Waals surface area contributed by atoms with Crippen LogP contribution in [0.2, 0.25) is 0 Å². The van der Waals surface area contributed by atoms with Crippen molar-refractivity contribution in [2.24, 2.45) is 12.8 Å². The minimum absolute atomic E-state index is 0.487. The summed E-state index contributed by atoms with van der Waals surface area (Å²) in [6, 6.07) is 7.12. The highest BCUT2D eigenvalue weighted by molar-refractivity contribution is 5.84. The highest BCUT2D eigenvalue weighted by Crippen LogP contribution is 2.31. The molecule has 0 spiro atoms. The lowest BCUT2D eigenvalue weighted by Gasteiger charge is -2.25. The number of nitrogens with zero attached hydrogens (tertiary/aromatic N) is 1. The molecule has 16 heavy (non-hydrogen) atoms. The van der Waals surface area contributed by atoms with Crippen molar-refractivity contribution in [3.63, 3.8) is 0 Å². The molecule has 0 aliphatic heterocycles. The fourth-order valence-corrected chi connectivity index (χ4v) is 1.89. The molecule has 1 aromatic carbocycles. The predicted molar refractivity (Wildman–Crippen MR) is 60.5 cm³/mol. The molecule has 1 atom stereocenters. The van der Waals surface area contributed by atoms with E-state index in [1.165, 1.54) is 6.92 Å². The second-order valence-corrected chi connectivity index (χ2v) is 4.25. The van der Waals surface area contributed by atoms with Crippen molar-refractivity contribution in [1.29, 1.82) is 0 Å². The molecule has 0 bridgehead atoms. The maximum atomic E-state index is 12.9. The van der Waals surface area contributed by atoms with Crippen LogP contribution in [0.4, 0.5) is 8.78 Å². The van der Waals surface area contributed by atoms with Gasteiger partial charge >= 0.3 is 0 Å². The molecule has 0 amide bonds. The minimum Gasteiger partial charge on any atom is -0.351 e. The van der Waals surface area contributed by atoms with Gasteiger partial charge in [0, 0.05) is 24.1 Å². The zero-order chi connectivity index (χ0) is 11.9. The Hall–Kier alpha value is -1.42. The number of fused-ring (bicyclic) bond motifs is 1. The van der Waals surface area contributed by atoms with Crippen LogP contribution in [0.15, 0.2) is 30.5 Å². The third kappa shape index (κ3) is 1.50. The first kappa shape index (κ1) is 11.1. The topological polar surface area (TPSA) is 30.9 Å². The molecule has 2 aromatic rings. The van der Waals surface area contributed by atoms with Gasteiger partial charge in [-0.1, -0.05) is 12.1 Å². The lowest BCUT2D eigenvalue weighted by Crippen LogP contribution is -2.40. The van der Waals surface area contributed by atoms with Crippen LogP contribution in [0, 0.1) is 0 Å². The molecule has 2 rings (SSSR count). The van der Waals surface area contributed by atoms with Crippen molar-refractivity contribution < 1.29 is 8.78 Å². The van der Waals surface area contributed by atoms with Crippen LogP contribution in [0.5, 0.6) is 0 Å². The Morgan fingerprint density at radius 1 is 1.31 bits per heavy atom. The standard InChI is InChI=1S/C12H14F2N2/c1-12(15,11(13)14)9-4-3-5-10-8(9)6-7-16(10)2/h3-7,11H,15H2,1-2H3. The van der Waals surface area contributed by atoms with Gasteiger partial charge in [-0.15, -0.1) is 0 Å². The number of alkyl halides is 2. The van der Waals surface area contributed by atoms with Gasteiger partial charge in [-0.25, -0.2) is 8.78 Å². The summed E-state index contributed by atoms with van der Waals surface area (Å²) in [7, 11) is 1.88. The SMILES string of the molecule is Cn1ccc2c(C(C)(N)C(F)F)cccc21. The summed E-state index contributed by atoms with van der Waals surface area (Å²) in [5, 5.41) is 0.787. The summed E-state index contributed by atoms with van der Waals surface area (Å²) in [4.78, 5) is 0. The van der Waals surface area contributed by atoms with Crippen LogP contribution < -0.4 is 5.73 Å². The molecule has 2 N–H and O–H groups in total. The first-order chi connectivity index (χ1) is 7.44. The molecule has 2 nitrogen and oxygen atoms in total. The third-order valence-electron chi connectivity index (χ3n) is 2.96. The molecule has 0 saturated carbocycles. The monoisotopic (exact) mass is 224 g/mol. The molecule has 0 radical (unpaired) electrons. The van der Waals surface area contributed by atoms with E-state index in [0.717, 1.165) is 10.9 Å². The first-order valence-electron chi connectivity index (χ1n) is 5.06. The summed E-state index contributed by atoms with van der Waals surface area (Å²) < 4.78 is 27.7. The Bertz CT molecular complexity index is 515.